The lowest BCUT2D eigenvalue weighted by atomic mass is 10.1. The second-order valence-corrected chi connectivity index (χ2v) is 5.73. The van der Waals surface area contributed by atoms with Crippen molar-refractivity contribution in [3.63, 3.8) is 0 Å². The van der Waals surface area contributed by atoms with E-state index in [4.69, 9.17) is 14.0 Å². The highest BCUT2D eigenvalue weighted by atomic mass is 16.5. The Morgan fingerprint density at radius 1 is 1.42 bits per heavy atom. The summed E-state index contributed by atoms with van der Waals surface area (Å²) in [6.07, 6.45) is 3.49. The van der Waals surface area contributed by atoms with Gasteiger partial charge in [0.25, 0.3) is 5.91 Å². The fourth-order valence-corrected chi connectivity index (χ4v) is 2.63. The summed E-state index contributed by atoms with van der Waals surface area (Å²) >= 11 is 0. The largest absolute Gasteiger partial charge is 0.379 e. The summed E-state index contributed by atoms with van der Waals surface area (Å²) in [6, 6.07) is 1.39. The van der Waals surface area contributed by atoms with Crippen LogP contribution in [-0.4, -0.2) is 46.6 Å². The van der Waals surface area contributed by atoms with Gasteiger partial charge in [0.05, 0.1) is 49.0 Å². The normalized spacial score (nSPS) is 20.8. The van der Waals surface area contributed by atoms with E-state index in [0.717, 1.165) is 17.0 Å². The maximum Gasteiger partial charge on any atom is 0.253 e. The van der Waals surface area contributed by atoms with Gasteiger partial charge in [0.1, 0.15) is 5.76 Å². The van der Waals surface area contributed by atoms with E-state index < -0.39 is 0 Å². The van der Waals surface area contributed by atoms with Crippen molar-refractivity contribution in [2.24, 2.45) is 0 Å². The van der Waals surface area contributed by atoms with Gasteiger partial charge in [-0.15, -0.1) is 0 Å². The molecule has 0 bridgehead atoms. The summed E-state index contributed by atoms with van der Waals surface area (Å²) in [6.45, 7) is 5.16. The van der Waals surface area contributed by atoms with Gasteiger partial charge in [0.15, 0.2) is 0 Å². The highest BCUT2D eigenvalue weighted by molar-refractivity contribution is 5.93. The molecule has 3 rings (SSSR count). The first-order valence-electron chi connectivity index (χ1n) is 7.84. The number of ether oxygens (including phenoxy) is 2. The Balaban J connectivity index is 1.62. The Morgan fingerprint density at radius 3 is 3.00 bits per heavy atom. The second kappa shape index (κ2) is 7.50. The number of hydrogen-bond donors (Lipinski definition) is 1. The molecule has 0 aromatic carbocycles. The van der Waals surface area contributed by atoms with Crippen LogP contribution in [0.4, 0.5) is 0 Å². The van der Waals surface area contributed by atoms with Gasteiger partial charge < -0.3 is 19.3 Å². The second-order valence-electron chi connectivity index (χ2n) is 5.73. The van der Waals surface area contributed by atoms with Gasteiger partial charge in [-0.2, -0.15) is 10.2 Å². The maximum absolute atomic E-state index is 12.3. The molecular formula is C16H20N4O4. The standard InChI is InChI=1S/C16H20N4O4/c1-10-13(11(2)24-20-10)8-23-15-4-6-22-9-14(15)19-16(21)12-3-5-17-18-7-12/h3,5,7,14-15H,4,6,8-9H2,1-2H3,(H,19,21)/t14-,15+/m1/s1. The Hall–Kier alpha value is -2.32. The highest BCUT2D eigenvalue weighted by Crippen LogP contribution is 2.18. The van der Waals surface area contributed by atoms with Crippen molar-refractivity contribution in [2.75, 3.05) is 13.2 Å². The zero-order chi connectivity index (χ0) is 16.9. The molecule has 0 radical (unpaired) electrons. The van der Waals surface area contributed by atoms with E-state index in [1.807, 2.05) is 13.8 Å². The van der Waals surface area contributed by atoms with Gasteiger partial charge in [-0.05, 0) is 26.3 Å². The first-order chi connectivity index (χ1) is 11.6. The number of nitrogens with zero attached hydrogens (tertiary/aromatic N) is 3. The number of aryl methyl sites for hydroxylation is 2. The summed E-state index contributed by atoms with van der Waals surface area (Å²) in [5.41, 5.74) is 2.23. The summed E-state index contributed by atoms with van der Waals surface area (Å²) < 4.78 is 16.6. The molecule has 0 saturated carbocycles. The van der Waals surface area contributed by atoms with Gasteiger partial charge in [0.2, 0.25) is 0 Å². The molecular weight excluding hydrogens is 312 g/mol. The lowest BCUT2D eigenvalue weighted by molar-refractivity contribution is -0.0608. The maximum atomic E-state index is 12.3. The summed E-state index contributed by atoms with van der Waals surface area (Å²) in [5.74, 6) is 0.536. The molecule has 2 aromatic heterocycles. The van der Waals surface area contributed by atoms with Crippen LogP contribution in [0.1, 0.15) is 33.8 Å². The van der Waals surface area contributed by atoms with Crippen molar-refractivity contribution in [2.45, 2.75) is 39.0 Å². The lowest BCUT2D eigenvalue weighted by Gasteiger charge is -2.32. The van der Waals surface area contributed by atoms with Crippen molar-refractivity contribution in [3.8, 4) is 0 Å². The topological polar surface area (TPSA) is 99.4 Å². The molecule has 0 spiro atoms. The molecule has 1 fully saturated rings. The van der Waals surface area contributed by atoms with E-state index in [0.29, 0.717) is 31.8 Å². The number of nitrogens with one attached hydrogen (secondary N) is 1. The van der Waals surface area contributed by atoms with E-state index in [1.165, 1.54) is 12.4 Å². The summed E-state index contributed by atoms with van der Waals surface area (Å²) in [5, 5.41) is 14.3. The number of carbonyl (C=O) groups is 1. The zero-order valence-corrected chi connectivity index (χ0v) is 13.7. The number of amides is 1. The van der Waals surface area contributed by atoms with Gasteiger partial charge in [-0.25, -0.2) is 0 Å². The molecule has 2 aromatic rings. The minimum absolute atomic E-state index is 0.133. The molecule has 1 N–H and O–H groups in total. The molecule has 0 aliphatic carbocycles. The van der Waals surface area contributed by atoms with Crippen LogP contribution < -0.4 is 5.32 Å². The molecule has 8 heteroatoms. The van der Waals surface area contributed by atoms with Crippen LogP contribution in [0.2, 0.25) is 0 Å². The van der Waals surface area contributed by atoms with E-state index in [1.54, 1.807) is 6.07 Å². The molecule has 0 unspecified atom stereocenters. The van der Waals surface area contributed by atoms with Crippen LogP contribution in [0.3, 0.4) is 0 Å². The van der Waals surface area contributed by atoms with E-state index >= 15 is 0 Å². The van der Waals surface area contributed by atoms with Crippen LogP contribution >= 0.6 is 0 Å². The first-order valence-corrected chi connectivity index (χ1v) is 7.84. The van der Waals surface area contributed by atoms with Crippen LogP contribution in [0.15, 0.2) is 23.0 Å². The molecule has 1 aliphatic rings. The van der Waals surface area contributed by atoms with Gasteiger partial charge >= 0.3 is 0 Å². The van der Waals surface area contributed by atoms with E-state index in [9.17, 15) is 4.79 Å². The van der Waals surface area contributed by atoms with Crippen molar-refractivity contribution >= 4 is 5.91 Å². The zero-order valence-electron chi connectivity index (χ0n) is 13.7. The fourth-order valence-electron chi connectivity index (χ4n) is 2.63. The Morgan fingerprint density at radius 2 is 2.29 bits per heavy atom. The van der Waals surface area contributed by atoms with Crippen molar-refractivity contribution in [1.29, 1.82) is 0 Å². The van der Waals surface area contributed by atoms with Crippen LogP contribution in [0.25, 0.3) is 0 Å². The monoisotopic (exact) mass is 332 g/mol. The third kappa shape index (κ3) is 3.77. The molecule has 2 atom stereocenters. The molecule has 24 heavy (non-hydrogen) atoms. The van der Waals surface area contributed by atoms with Crippen molar-refractivity contribution < 1.29 is 18.8 Å². The number of carbonyl (C=O) groups excluding carboxylic acids is 1. The van der Waals surface area contributed by atoms with Crippen molar-refractivity contribution in [3.05, 3.63) is 41.0 Å². The first kappa shape index (κ1) is 16.5. The van der Waals surface area contributed by atoms with Gasteiger partial charge in [0, 0.05) is 12.2 Å². The molecule has 8 nitrogen and oxygen atoms in total. The van der Waals surface area contributed by atoms with Gasteiger partial charge in [-0.3, -0.25) is 4.79 Å². The molecule has 1 amide bonds. The molecule has 128 valence electrons. The lowest BCUT2D eigenvalue weighted by Crippen LogP contribution is -2.50. The Kier molecular flexibility index (Phi) is 5.17. The van der Waals surface area contributed by atoms with Crippen LogP contribution in [0, 0.1) is 13.8 Å². The van der Waals surface area contributed by atoms with Gasteiger partial charge in [-0.1, -0.05) is 5.16 Å². The molecule has 1 saturated heterocycles. The minimum Gasteiger partial charge on any atom is -0.379 e. The number of rotatable bonds is 5. The highest BCUT2D eigenvalue weighted by Gasteiger charge is 2.29. The van der Waals surface area contributed by atoms with Crippen LogP contribution in [-0.2, 0) is 16.1 Å². The quantitative estimate of drug-likeness (QED) is 0.877. The third-order valence-corrected chi connectivity index (χ3v) is 4.08. The smallest absolute Gasteiger partial charge is 0.253 e. The third-order valence-electron chi connectivity index (χ3n) is 4.08. The number of aromatic nitrogens is 3. The predicted molar refractivity (Wildman–Crippen MR) is 83.3 cm³/mol. The molecule has 1 aliphatic heterocycles. The fraction of sp³-hybridized carbons (Fsp3) is 0.500. The predicted octanol–water partition coefficient (Wildman–Crippen LogP) is 1.19. The van der Waals surface area contributed by atoms with E-state index in [2.05, 4.69) is 20.7 Å². The molecule has 3 heterocycles. The summed E-state index contributed by atoms with van der Waals surface area (Å²) in [4.78, 5) is 12.3. The average molecular weight is 332 g/mol. The van der Waals surface area contributed by atoms with Crippen molar-refractivity contribution in [1.82, 2.24) is 20.7 Å². The number of hydrogen-bond acceptors (Lipinski definition) is 7. The van der Waals surface area contributed by atoms with E-state index in [-0.39, 0.29) is 18.1 Å². The average Bonchev–Trinajstić information content (AvgIpc) is 2.93. The Bertz CT molecular complexity index is 669. The SMILES string of the molecule is Cc1noc(C)c1CO[C@H]1CCOC[C@H]1NC(=O)c1ccnnc1. The Labute approximate surface area is 139 Å². The summed E-state index contributed by atoms with van der Waals surface area (Å²) in [7, 11) is 0. The van der Waals surface area contributed by atoms with Crippen LogP contribution in [0.5, 0.6) is 0 Å². The minimum atomic E-state index is -0.222.